The van der Waals surface area contributed by atoms with Crippen molar-refractivity contribution in [2.24, 2.45) is 0 Å². The first-order valence-electron chi connectivity index (χ1n) is 4.78. The van der Waals surface area contributed by atoms with Gasteiger partial charge in [0.25, 0.3) is 0 Å². The van der Waals surface area contributed by atoms with Crippen molar-refractivity contribution < 1.29 is 18.7 Å². The number of hydrogen-bond acceptors (Lipinski definition) is 3. The molecule has 1 aromatic rings. The molecule has 0 aromatic heterocycles. The zero-order chi connectivity index (χ0) is 12.1. The van der Waals surface area contributed by atoms with E-state index in [1.165, 1.54) is 6.07 Å². The molecule has 1 unspecified atom stereocenters. The highest BCUT2D eigenvalue weighted by molar-refractivity contribution is 6.32. The van der Waals surface area contributed by atoms with Crippen molar-refractivity contribution >= 4 is 17.6 Å². The Morgan fingerprint density at radius 2 is 2.25 bits per heavy atom. The monoisotopic (exact) mass is 246 g/mol. The Morgan fingerprint density at radius 3 is 2.81 bits per heavy atom. The molecule has 0 aliphatic carbocycles. The second-order valence-corrected chi connectivity index (χ2v) is 3.53. The van der Waals surface area contributed by atoms with Gasteiger partial charge in [-0.3, -0.25) is 0 Å². The molecule has 0 saturated heterocycles. The molecule has 5 heteroatoms. The predicted octanol–water partition coefficient (Wildman–Crippen LogP) is 2.89. The van der Waals surface area contributed by atoms with Gasteiger partial charge in [0.15, 0.2) is 0 Å². The number of benzene rings is 1. The number of rotatable bonds is 4. The standard InChI is InChI=1S/C11H12ClFO3/c1-3-15-11(14)10(13)16-9-5-4-7(2)6-8(9)12/h4-6,10H,3H2,1-2H3. The fourth-order valence-electron chi connectivity index (χ4n) is 1.07. The SMILES string of the molecule is CCOC(=O)C(F)Oc1ccc(C)cc1Cl. The van der Waals surface area contributed by atoms with Crippen LogP contribution in [0.5, 0.6) is 5.75 Å². The first kappa shape index (κ1) is 12.8. The van der Waals surface area contributed by atoms with E-state index in [4.69, 9.17) is 16.3 Å². The third-order valence-electron chi connectivity index (χ3n) is 1.79. The highest BCUT2D eigenvalue weighted by atomic mass is 35.5. The molecule has 3 nitrogen and oxygen atoms in total. The van der Waals surface area contributed by atoms with E-state index < -0.39 is 12.3 Å². The molecule has 0 heterocycles. The van der Waals surface area contributed by atoms with Gasteiger partial charge in [-0.15, -0.1) is 0 Å². The maximum Gasteiger partial charge on any atom is 0.381 e. The van der Waals surface area contributed by atoms with Crippen molar-refractivity contribution in [1.29, 1.82) is 0 Å². The summed E-state index contributed by atoms with van der Waals surface area (Å²) in [4.78, 5) is 11.0. The predicted molar refractivity (Wildman–Crippen MR) is 58.3 cm³/mol. The number of carbonyl (C=O) groups excluding carboxylic acids is 1. The Kier molecular flexibility index (Phi) is 4.55. The van der Waals surface area contributed by atoms with E-state index >= 15 is 0 Å². The number of hydrogen-bond donors (Lipinski definition) is 0. The Morgan fingerprint density at radius 1 is 1.56 bits per heavy atom. The molecule has 0 fully saturated rings. The van der Waals surface area contributed by atoms with Crippen LogP contribution in [0.25, 0.3) is 0 Å². The van der Waals surface area contributed by atoms with Crippen LogP contribution in [0.15, 0.2) is 18.2 Å². The van der Waals surface area contributed by atoms with E-state index in [9.17, 15) is 9.18 Å². The minimum Gasteiger partial charge on any atom is -0.461 e. The van der Waals surface area contributed by atoms with E-state index in [2.05, 4.69) is 4.74 Å². The summed E-state index contributed by atoms with van der Waals surface area (Å²) in [5.41, 5.74) is 0.920. The molecular formula is C11H12ClFO3. The van der Waals surface area contributed by atoms with Gasteiger partial charge >= 0.3 is 12.3 Å². The molecule has 0 amide bonds. The normalized spacial score (nSPS) is 12.0. The van der Waals surface area contributed by atoms with E-state index in [0.29, 0.717) is 0 Å². The molecular weight excluding hydrogens is 235 g/mol. The quantitative estimate of drug-likeness (QED) is 0.767. The first-order chi connectivity index (χ1) is 7.54. The average molecular weight is 247 g/mol. The molecule has 0 bridgehead atoms. The van der Waals surface area contributed by atoms with E-state index in [0.717, 1.165) is 5.56 Å². The van der Waals surface area contributed by atoms with Gasteiger partial charge in [-0.05, 0) is 31.5 Å². The lowest BCUT2D eigenvalue weighted by molar-refractivity contribution is -0.159. The van der Waals surface area contributed by atoms with Crippen molar-refractivity contribution in [1.82, 2.24) is 0 Å². The lowest BCUT2D eigenvalue weighted by atomic mass is 10.2. The van der Waals surface area contributed by atoms with Gasteiger partial charge in [-0.1, -0.05) is 17.7 Å². The number of esters is 1. The van der Waals surface area contributed by atoms with Crippen molar-refractivity contribution in [2.75, 3.05) is 6.61 Å². The Labute approximate surface area is 98.1 Å². The number of ether oxygens (including phenoxy) is 2. The van der Waals surface area contributed by atoms with E-state index in [-0.39, 0.29) is 17.4 Å². The van der Waals surface area contributed by atoms with Crippen molar-refractivity contribution in [3.05, 3.63) is 28.8 Å². The second-order valence-electron chi connectivity index (χ2n) is 3.12. The van der Waals surface area contributed by atoms with Crippen LogP contribution < -0.4 is 4.74 Å². The van der Waals surface area contributed by atoms with Gasteiger partial charge in [0, 0.05) is 0 Å². The van der Waals surface area contributed by atoms with Crippen LogP contribution >= 0.6 is 11.6 Å². The topological polar surface area (TPSA) is 35.5 Å². The van der Waals surface area contributed by atoms with E-state index in [1.807, 2.05) is 6.92 Å². The molecule has 1 aromatic carbocycles. The minimum atomic E-state index is -2.15. The maximum absolute atomic E-state index is 13.2. The van der Waals surface area contributed by atoms with Crippen LogP contribution in [0, 0.1) is 6.92 Å². The third kappa shape index (κ3) is 3.38. The maximum atomic E-state index is 13.2. The molecule has 1 atom stereocenters. The summed E-state index contributed by atoms with van der Waals surface area (Å²) >= 11 is 5.81. The number of alkyl halides is 1. The lowest BCUT2D eigenvalue weighted by Crippen LogP contribution is -2.24. The zero-order valence-corrected chi connectivity index (χ0v) is 9.75. The molecule has 0 aliphatic heterocycles. The van der Waals surface area contributed by atoms with Crippen molar-refractivity contribution in [3.8, 4) is 5.75 Å². The highest BCUT2D eigenvalue weighted by Gasteiger charge is 2.21. The molecule has 1 rings (SSSR count). The molecule has 16 heavy (non-hydrogen) atoms. The Bertz CT molecular complexity index is 381. The first-order valence-corrected chi connectivity index (χ1v) is 5.16. The van der Waals surface area contributed by atoms with Gasteiger partial charge in [0.2, 0.25) is 0 Å². The fraction of sp³-hybridized carbons (Fsp3) is 0.364. The summed E-state index contributed by atoms with van der Waals surface area (Å²) in [6.07, 6.45) is -2.15. The van der Waals surface area contributed by atoms with Crippen LogP contribution in [0.4, 0.5) is 4.39 Å². The average Bonchev–Trinajstić information content (AvgIpc) is 2.22. The van der Waals surface area contributed by atoms with Gasteiger partial charge in [0.1, 0.15) is 5.75 Å². The summed E-state index contributed by atoms with van der Waals surface area (Å²) in [6, 6.07) is 4.83. The molecule has 0 aliphatic rings. The number of halogens is 2. The zero-order valence-electron chi connectivity index (χ0n) is 9.00. The molecule has 0 N–H and O–H groups in total. The van der Waals surface area contributed by atoms with Crippen LogP contribution in [0.2, 0.25) is 5.02 Å². The Balaban J connectivity index is 2.69. The number of carbonyl (C=O) groups is 1. The van der Waals surface area contributed by atoms with E-state index in [1.54, 1.807) is 19.1 Å². The van der Waals surface area contributed by atoms with Gasteiger partial charge in [-0.25, -0.2) is 4.79 Å². The summed E-state index contributed by atoms with van der Waals surface area (Å²) in [5, 5.41) is 0.256. The molecule has 88 valence electrons. The van der Waals surface area contributed by atoms with Crippen LogP contribution in [-0.2, 0) is 9.53 Å². The fourth-order valence-corrected chi connectivity index (χ4v) is 1.35. The molecule has 0 saturated carbocycles. The van der Waals surface area contributed by atoms with Gasteiger partial charge in [-0.2, -0.15) is 4.39 Å². The lowest BCUT2D eigenvalue weighted by Gasteiger charge is -2.11. The third-order valence-corrected chi connectivity index (χ3v) is 2.09. The molecule has 0 spiro atoms. The summed E-state index contributed by atoms with van der Waals surface area (Å²) < 4.78 is 22.4. The van der Waals surface area contributed by atoms with Crippen molar-refractivity contribution in [2.45, 2.75) is 20.2 Å². The van der Waals surface area contributed by atoms with Gasteiger partial charge < -0.3 is 9.47 Å². The largest absolute Gasteiger partial charge is 0.461 e. The van der Waals surface area contributed by atoms with Gasteiger partial charge in [0.05, 0.1) is 11.6 Å². The van der Waals surface area contributed by atoms with Crippen molar-refractivity contribution in [3.63, 3.8) is 0 Å². The Hall–Kier alpha value is -1.29. The smallest absolute Gasteiger partial charge is 0.381 e. The van der Waals surface area contributed by atoms with Crippen LogP contribution in [0.1, 0.15) is 12.5 Å². The summed E-state index contributed by atoms with van der Waals surface area (Å²) in [7, 11) is 0. The van der Waals surface area contributed by atoms with Crippen LogP contribution in [-0.4, -0.2) is 18.9 Å². The molecule has 0 radical (unpaired) electrons. The minimum absolute atomic E-state index is 0.101. The van der Waals surface area contributed by atoms with Crippen LogP contribution in [0.3, 0.4) is 0 Å². The second kappa shape index (κ2) is 5.70. The summed E-state index contributed by atoms with van der Waals surface area (Å²) in [5.74, 6) is -0.938. The summed E-state index contributed by atoms with van der Waals surface area (Å²) in [6.45, 7) is 3.53. The number of aryl methyl sites for hydroxylation is 1. The highest BCUT2D eigenvalue weighted by Crippen LogP contribution is 2.26.